The fourth-order valence-electron chi connectivity index (χ4n) is 1.18. The second-order valence-corrected chi connectivity index (χ2v) is 2.60. The van der Waals surface area contributed by atoms with Crippen LogP contribution in [0.1, 0.15) is 6.42 Å². The Morgan fingerprint density at radius 2 is 2.58 bits per heavy atom. The normalized spacial score (nSPS) is 16.0. The highest BCUT2D eigenvalue weighted by Gasteiger charge is 2.17. The van der Waals surface area contributed by atoms with E-state index in [1.54, 1.807) is 6.08 Å². The van der Waals surface area contributed by atoms with Crippen molar-refractivity contribution >= 4 is 11.8 Å². The van der Waals surface area contributed by atoms with Gasteiger partial charge in [-0.05, 0) is 0 Å². The van der Waals surface area contributed by atoms with Gasteiger partial charge in [-0.2, -0.15) is 0 Å². The smallest absolute Gasteiger partial charge is 0.310 e. The Hall–Kier alpha value is -1.32. The fourth-order valence-corrected chi connectivity index (χ4v) is 1.18. The van der Waals surface area contributed by atoms with Crippen molar-refractivity contribution in [3.63, 3.8) is 0 Å². The largest absolute Gasteiger partial charge is 0.481 e. The molecule has 0 fully saturated rings. The van der Waals surface area contributed by atoms with Crippen LogP contribution in [0.4, 0.5) is 0 Å². The summed E-state index contributed by atoms with van der Waals surface area (Å²) in [7, 11) is 0. The fraction of sp³-hybridized carbons (Fsp3) is 0.500. The van der Waals surface area contributed by atoms with Gasteiger partial charge in [0.05, 0.1) is 6.54 Å². The number of rotatable bonds is 4. The Morgan fingerprint density at radius 3 is 3.17 bits per heavy atom. The van der Waals surface area contributed by atoms with E-state index in [-0.39, 0.29) is 6.42 Å². The number of nitrogens with zero attached hydrogens (tertiary/aromatic N) is 2. The maximum absolute atomic E-state index is 10.4. The molecular formula is C8H12N2O2. The van der Waals surface area contributed by atoms with E-state index in [4.69, 9.17) is 5.11 Å². The molecule has 1 N–H and O–H groups in total. The molecule has 4 heteroatoms. The topological polar surface area (TPSA) is 52.9 Å². The molecule has 0 spiro atoms. The van der Waals surface area contributed by atoms with Crippen LogP contribution in [0.25, 0.3) is 0 Å². The summed E-state index contributed by atoms with van der Waals surface area (Å²) < 4.78 is 0. The van der Waals surface area contributed by atoms with Gasteiger partial charge in [0.2, 0.25) is 0 Å². The first-order chi connectivity index (χ1) is 5.74. The summed E-state index contributed by atoms with van der Waals surface area (Å²) in [6, 6.07) is 0. The van der Waals surface area contributed by atoms with Crippen LogP contribution in [-0.2, 0) is 4.79 Å². The van der Waals surface area contributed by atoms with Crippen molar-refractivity contribution in [1.29, 1.82) is 0 Å². The van der Waals surface area contributed by atoms with Crippen LogP contribution in [0.3, 0.4) is 0 Å². The van der Waals surface area contributed by atoms with E-state index in [1.165, 1.54) is 0 Å². The molecule has 0 aromatic carbocycles. The van der Waals surface area contributed by atoms with Crippen LogP contribution in [0.2, 0.25) is 0 Å². The molecule has 0 aromatic heterocycles. The molecule has 0 amide bonds. The zero-order valence-corrected chi connectivity index (χ0v) is 6.86. The summed E-state index contributed by atoms with van der Waals surface area (Å²) in [5.74, 6) is -0.160. The lowest BCUT2D eigenvalue weighted by molar-refractivity contribution is -0.135. The number of carbonyl (C=O) groups is 1. The van der Waals surface area contributed by atoms with Crippen LogP contribution in [0.15, 0.2) is 17.6 Å². The third-order valence-electron chi connectivity index (χ3n) is 1.69. The molecule has 66 valence electrons. The minimum atomic E-state index is -0.829. The van der Waals surface area contributed by atoms with Gasteiger partial charge < -0.3 is 10.0 Å². The lowest BCUT2D eigenvalue weighted by Crippen LogP contribution is -2.29. The van der Waals surface area contributed by atoms with Gasteiger partial charge in [0, 0.05) is 13.1 Å². The molecule has 0 saturated heterocycles. The average Bonchev–Trinajstić information content (AvgIpc) is 2.37. The summed E-state index contributed by atoms with van der Waals surface area (Å²) in [6.45, 7) is 5.80. The highest BCUT2D eigenvalue weighted by molar-refractivity contribution is 5.97. The van der Waals surface area contributed by atoms with Crippen LogP contribution < -0.4 is 0 Å². The monoisotopic (exact) mass is 168 g/mol. The third-order valence-corrected chi connectivity index (χ3v) is 1.69. The Kier molecular flexibility index (Phi) is 2.85. The molecule has 0 aromatic rings. The van der Waals surface area contributed by atoms with Crippen LogP contribution >= 0.6 is 0 Å². The maximum atomic E-state index is 10.4. The molecule has 4 nitrogen and oxygen atoms in total. The second kappa shape index (κ2) is 3.90. The molecule has 0 bridgehead atoms. The zero-order chi connectivity index (χ0) is 8.97. The molecule has 1 heterocycles. The van der Waals surface area contributed by atoms with Crippen molar-refractivity contribution in [2.75, 3.05) is 19.6 Å². The first-order valence-electron chi connectivity index (χ1n) is 3.85. The quantitative estimate of drug-likeness (QED) is 0.617. The Balaban J connectivity index is 2.50. The number of hydrogen-bond acceptors (Lipinski definition) is 3. The van der Waals surface area contributed by atoms with Gasteiger partial charge in [-0.1, -0.05) is 6.08 Å². The molecule has 0 radical (unpaired) electrons. The number of carboxylic acids is 1. The van der Waals surface area contributed by atoms with Crippen molar-refractivity contribution in [2.45, 2.75) is 6.42 Å². The Labute approximate surface area is 71.2 Å². The van der Waals surface area contributed by atoms with Gasteiger partial charge in [0.15, 0.2) is 0 Å². The van der Waals surface area contributed by atoms with E-state index >= 15 is 0 Å². The van der Waals surface area contributed by atoms with Crippen molar-refractivity contribution in [1.82, 2.24) is 4.90 Å². The highest BCUT2D eigenvalue weighted by atomic mass is 16.4. The molecule has 1 aliphatic heterocycles. The van der Waals surface area contributed by atoms with Crippen molar-refractivity contribution in [3.8, 4) is 0 Å². The molecule has 1 aliphatic rings. The molecule has 0 atom stereocenters. The van der Waals surface area contributed by atoms with E-state index in [2.05, 4.69) is 11.6 Å². The van der Waals surface area contributed by atoms with Crippen LogP contribution in [0.5, 0.6) is 0 Å². The molecule has 0 saturated carbocycles. The standard InChI is InChI=1S/C8H12N2O2/c1-2-4-10-5-3-9-7(10)6-8(11)12/h2H,1,3-6H2,(H,11,12). The number of aliphatic carboxylic acids is 1. The number of aliphatic imine (C=N–C) groups is 1. The number of amidine groups is 1. The predicted molar refractivity (Wildman–Crippen MR) is 46.3 cm³/mol. The highest BCUT2D eigenvalue weighted by Crippen LogP contribution is 2.04. The zero-order valence-electron chi connectivity index (χ0n) is 6.86. The number of carboxylic acid groups (broad SMARTS) is 1. The Bertz CT molecular complexity index is 223. The van der Waals surface area contributed by atoms with Crippen molar-refractivity contribution in [3.05, 3.63) is 12.7 Å². The lowest BCUT2D eigenvalue weighted by atomic mass is 10.3. The van der Waals surface area contributed by atoms with Crippen LogP contribution in [0, 0.1) is 0 Å². The average molecular weight is 168 g/mol. The minimum Gasteiger partial charge on any atom is -0.481 e. The number of hydrogen-bond donors (Lipinski definition) is 1. The lowest BCUT2D eigenvalue weighted by Gasteiger charge is -2.16. The van der Waals surface area contributed by atoms with Gasteiger partial charge in [-0.3, -0.25) is 9.79 Å². The minimum absolute atomic E-state index is 0.0217. The summed E-state index contributed by atoms with van der Waals surface area (Å²) in [4.78, 5) is 16.4. The van der Waals surface area contributed by atoms with Gasteiger partial charge in [0.25, 0.3) is 0 Å². The third kappa shape index (κ3) is 2.08. The van der Waals surface area contributed by atoms with E-state index in [0.717, 1.165) is 6.54 Å². The molecule has 12 heavy (non-hydrogen) atoms. The Morgan fingerprint density at radius 1 is 1.83 bits per heavy atom. The first kappa shape index (κ1) is 8.77. The molecule has 1 rings (SSSR count). The molecule has 0 aliphatic carbocycles. The summed E-state index contributed by atoms with van der Waals surface area (Å²) in [6.07, 6.45) is 1.77. The second-order valence-electron chi connectivity index (χ2n) is 2.60. The predicted octanol–water partition coefficient (Wildman–Crippen LogP) is 0.361. The SMILES string of the molecule is C=CCN1CCN=C1CC(=O)O. The van der Waals surface area contributed by atoms with E-state index < -0.39 is 5.97 Å². The summed E-state index contributed by atoms with van der Waals surface area (Å²) in [5, 5.41) is 8.53. The molecular weight excluding hydrogens is 156 g/mol. The van der Waals surface area contributed by atoms with Gasteiger partial charge >= 0.3 is 5.97 Å². The van der Waals surface area contributed by atoms with Gasteiger partial charge in [-0.25, -0.2) is 0 Å². The van der Waals surface area contributed by atoms with E-state index in [9.17, 15) is 4.79 Å². The van der Waals surface area contributed by atoms with Gasteiger partial charge in [-0.15, -0.1) is 6.58 Å². The molecule has 0 unspecified atom stereocenters. The van der Waals surface area contributed by atoms with E-state index in [1.807, 2.05) is 4.90 Å². The van der Waals surface area contributed by atoms with Crippen LogP contribution in [-0.4, -0.2) is 41.4 Å². The summed E-state index contributed by atoms with van der Waals surface area (Å²) in [5.41, 5.74) is 0. The van der Waals surface area contributed by atoms with Crippen molar-refractivity contribution < 1.29 is 9.90 Å². The van der Waals surface area contributed by atoms with Gasteiger partial charge in [0.1, 0.15) is 12.3 Å². The first-order valence-corrected chi connectivity index (χ1v) is 3.85. The van der Waals surface area contributed by atoms with Crippen molar-refractivity contribution in [2.24, 2.45) is 4.99 Å². The van der Waals surface area contributed by atoms with E-state index in [0.29, 0.717) is 18.9 Å². The maximum Gasteiger partial charge on any atom is 0.310 e. The summed E-state index contributed by atoms with van der Waals surface area (Å²) >= 11 is 0.